The molecule has 0 saturated heterocycles. The molecular weight excluding hydrogens is 154 g/mol. The van der Waals surface area contributed by atoms with E-state index in [0.717, 1.165) is 17.2 Å². The summed E-state index contributed by atoms with van der Waals surface area (Å²) in [5, 5.41) is 0. The molecule has 0 aliphatic carbocycles. The molecule has 1 unspecified atom stereocenters. The first-order valence-corrected chi connectivity index (χ1v) is 4.14. The third kappa shape index (κ3) is 1.04. The van der Waals surface area contributed by atoms with Crippen LogP contribution >= 0.6 is 0 Å². The van der Waals surface area contributed by atoms with E-state index in [2.05, 4.69) is 9.97 Å². The van der Waals surface area contributed by atoms with Crippen molar-refractivity contribution < 1.29 is 4.74 Å². The molecule has 66 valence electrons. The number of nitrogens with two attached hydrogens (primary N) is 1. The predicted molar refractivity (Wildman–Crippen MR) is 44.4 cm³/mol. The highest BCUT2D eigenvalue weighted by molar-refractivity contribution is 5.20. The molecule has 0 spiro atoms. The van der Waals surface area contributed by atoms with E-state index in [0.29, 0.717) is 6.61 Å². The van der Waals surface area contributed by atoms with E-state index in [-0.39, 0.29) is 12.1 Å². The van der Waals surface area contributed by atoms with Crippen LogP contribution < -0.4 is 5.73 Å². The van der Waals surface area contributed by atoms with Gasteiger partial charge in [-0.3, -0.25) is 0 Å². The van der Waals surface area contributed by atoms with Gasteiger partial charge in [0, 0.05) is 0 Å². The van der Waals surface area contributed by atoms with Crippen molar-refractivity contribution in [3.63, 3.8) is 0 Å². The highest BCUT2D eigenvalue weighted by Gasteiger charge is 2.24. The van der Waals surface area contributed by atoms with Crippen molar-refractivity contribution in [2.45, 2.75) is 32.6 Å². The van der Waals surface area contributed by atoms with Gasteiger partial charge >= 0.3 is 0 Å². The van der Waals surface area contributed by atoms with Crippen molar-refractivity contribution >= 4 is 0 Å². The molecule has 4 nitrogen and oxygen atoms in total. The average molecular weight is 167 g/mol. The number of imidazole rings is 1. The van der Waals surface area contributed by atoms with Gasteiger partial charge in [-0.25, -0.2) is 4.98 Å². The smallest absolute Gasteiger partial charge is 0.123 e. The lowest BCUT2D eigenvalue weighted by molar-refractivity contribution is 0.0757. The summed E-state index contributed by atoms with van der Waals surface area (Å²) in [6, 6.07) is -0.0252. The van der Waals surface area contributed by atoms with Crippen molar-refractivity contribution in [2.75, 3.05) is 0 Å². The molecule has 1 aliphatic rings. The van der Waals surface area contributed by atoms with Gasteiger partial charge in [-0.05, 0) is 13.8 Å². The fraction of sp³-hybridized carbons (Fsp3) is 0.625. The highest BCUT2D eigenvalue weighted by atomic mass is 16.5. The first-order valence-electron chi connectivity index (χ1n) is 4.14. The number of nitrogens with one attached hydrogen (secondary N) is 1. The van der Waals surface area contributed by atoms with Crippen molar-refractivity contribution in [3.8, 4) is 0 Å². The monoisotopic (exact) mass is 167 g/mol. The molecule has 0 bridgehead atoms. The Hall–Kier alpha value is -0.870. The van der Waals surface area contributed by atoms with Gasteiger partial charge in [0.05, 0.1) is 30.1 Å². The van der Waals surface area contributed by atoms with Crippen molar-refractivity contribution in [1.29, 1.82) is 0 Å². The van der Waals surface area contributed by atoms with Crippen LogP contribution in [0.2, 0.25) is 0 Å². The molecule has 0 radical (unpaired) electrons. The number of H-pyrrole nitrogens is 1. The SMILES string of the molecule is CC1OCc2[nH]c([C@H](C)N)nc21. The highest BCUT2D eigenvalue weighted by Crippen LogP contribution is 2.28. The lowest BCUT2D eigenvalue weighted by Crippen LogP contribution is -2.07. The maximum Gasteiger partial charge on any atom is 0.123 e. The van der Waals surface area contributed by atoms with E-state index in [9.17, 15) is 0 Å². The maximum absolute atomic E-state index is 5.69. The average Bonchev–Trinajstić information content (AvgIpc) is 2.53. The van der Waals surface area contributed by atoms with Gasteiger partial charge in [0.1, 0.15) is 5.82 Å². The van der Waals surface area contributed by atoms with Crippen molar-refractivity contribution in [3.05, 3.63) is 17.2 Å². The Balaban J connectivity index is 2.36. The third-order valence-electron chi connectivity index (χ3n) is 2.12. The Morgan fingerprint density at radius 2 is 2.50 bits per heavy atom. The van der Waals surface area contributed by atoms with Crippen LogP contribution in [0, 0.1) is 0 Å². The molecule has 3 N–H and O–H groups in total. The lowest BCUT2D eigenvalue weighted by atomic mass is 10.3. The minimum atomic E-state index is -0.0252. The van der Waals surface area contributed by atoms with Gasteiger partial charge in [0.15, 0.2) is 0 Å². The number of aromatic nitrogens is 2. The van der Waals surface area contributed by atoms with Crippen LogP contribution in [0.25, 0.3) is 0 Å². The van der Waals surface area contributed by atoms with Crippen LogP contribution in [0.5, 0.6) is 0 Å². The van der Waals surface area contributed by atoms with E-state index in [1.54, 1.807) is 0 Å². The summed E-state index contributed by atoms with van der Waals surface area (Å²) in [6.07, 6.45) is 0.115. The molecule has 1 aromatic rings. The Kier molecular flexibility index (Phi) is 1.66. The summed E-state index contributed by atoms with van der Waals surface area (Å²) in [5.74, 6) is 0.857. The summed E-state index contributed by atoms with van der Waals surface area (Å²) >= 11 is 0. The first-order chi connectivity index (χ1) is 5.68. The minimum Gasteiger partial charge on any atom is -0.366 e. The van der Waals surface area contributed by atoms with E-state index in [1.165, 1.54) is 0 Å². The van der Waals surface area contributed by atoms with Gasteiger partial charge in [0.2, 0.25) is 0 Å². The van der Waals surface area contributed by atoms with Crippen LogP contribution in [0.4, 0.5) is 0 Å². The standard InChI is InChI=1S/C8H13N3O/c1-4(9)8-10-6-3-12-5(2)7(6)11-8/h4-5H,3,9H2,1-2H3,(H,10,11)/t4-,5?/m0/s1. The molecule has 2 rings (SSSR count). The molecule has 0 amide bonds. The van der Waals surface area contributed by atoms with Gasteiger partial charge in [-0.2, -0.15) is 0 Å². The molecule has 12 heavy (non-hydrogen) atoms. The zero-order valence-corrected chi connectivity index (χ0v) is 7.29. The molecule has 0 aromatic carbocycles. The Bertz CT molecular complexity index is 292. The van der Waals surface area contributed by atoms with Gasteiger partial charge < -0.3 is 15.5 Å². The lowest BCUT2D eigenvalue weighted by Gasteiger charge is -2.02. The largest absolute Gasteiger partial charge is 0.366 e. The van der Waals surface area contributed by atoms with Gasteiger partial charge in [0.25, 0.3) is 0 Å². The van der Waals surface area contributed by atoms with Crippen LogP contribution in [0.1, 0.15) is 43.2 Å². The molecule has 1 aliphatic heterocycles. The molecule has 0 fully saturated rings. The number of ether oxygens (including phenoxy) is 1. The second-order valence-corrected chi connectivity index (χ2v) is 3.23. The normalized spacial score (nSPS) is 24.1. The molecule has 0 saturated carbocycles. The molecule has 1 aromatic heterocycles. The van der Waals surface area contributed by atoms with Crippen LogP contribution in [-0.2, 0) is 11.3 Å². The minimum absolute atomic E-state index is 0.0252. The number of fused-ring (bicyclic) bond motifs is 1. The van der Waals surface area contributed by atoms with Crippen molar-refractivity contribution in [1.82, 2.24) is 9.97 Å². The van der Waals surface area contributed by atoms with E-state index < -0.39 is 0 Å². The fourth-order valence-corrected chi connectivity index (χ4v) is 1.39. The van der Waals surface area contributed by atoms with Gasteiger partial charge in [-0.15, -0.1) is 0 Å². The van der Waals surface area contributed by atoms with Crippen LogP contribution in [0.15, 0.2) is 0 Å². The van der Waals surface area contributed by atoms with Gasteiger partial charge in [-0.1, -0.05) is 0 Å². The maximum atomic E-state index is 5.69. The van der Waals surface area contributed by atoms with E-state index in [1.807, 2.05) is 13.8 Å². The summed E-state index contributed by atoms with van der Waals surface area (Å²) in [6.45, 7) is 4.55. The Morgan fingerprint density at radius 1 is 1.75 bits per heavy atom. The fourth-order valence-electron chi connectivity index (χ4n) is 1.39. The number of rotatable bonds is 1. The zero-order valence-electron chi connectivity index (χ0n) is 7.29. The second-order valence-electron chi connectivity index (χ2n) is 3.23. The number of hydrogen-bond donors (Lipinski definition) is 2. The summed E-state index contributed by atoms with van der Waals surface area (Å²) in [7, 11) is 0. The predicted octanol–water partition coefficient (Wildman–Crippen LogP) is 1.02. The van der Waals surface area contributed by atoms with Crippen LogP contribution in [0.3, 0.4) is 0 Å². The number of aromatic amines is 1. The number of hydrogen-bond acceptors (Lipinski definition) is 3. The third-order valence-corrected chi connectivity index (χ3v) is 2.12. The second kappa shape index (κ2) is 2.57. The quantitative estimate of drug-likeness (QED) is 0.656. The molecule has 2 atom stereocenters. The summed E-state index contributed by atoms with van der Waals surface area (Å²) in [5.41, 5.74) is 7.78. The Labute approximate surface area is 71.1 Å². The first kappa shape index (κ1) is 7.76. The zero-order chi connectivity index (χ0) is 8.72. The Morgan fingerprint density at radius 3 is 3.08 bits per heavy atom. The van der Waals surface area contributed by atoms with E-state index in [4.69, 9.17) is 10.5 Å². The summed E-state index contributed by atoms with van der Waals surface area (Å²) in [4.78, 5) is 7.53. The number of nitrogens with zero attached hydrogens (tertiary/aromatic N) is 1. The summed E-state index contributed by atoms with van der Waals surface area (Å²) < 4.78 is 5.36. The van der Waals surface area contributed by atoms with Crippen molar-refractivity contribution in [2.24, 2.45) is 5.73 Å². The van der Waals surface area contributed by atoms with Crippen LogP contribution in [-0.4, -0.2) is 9.97 Å². The molecule has 4 heteroatoms. The molecular formula is C8H13N3O. The van der Waals surface area contributed by atoms with E-state index >= 15 is 0 Å². The topological polar surface area (TPSA) is 63.9 Å². The molecule has 2 heterocycles.